The van der Waals surface area contributed by atoms with Crippen LogP contribution in [-0.2, 0) is 10.8 Å². The largest absolute Gasteiger partial charge is 0.396 e. The van der Waals surface area contributed by atoms with Crippen molar-refractivity contribution in [3.05, 3.63) is 29.3 Å². The van der Waals surface area contributed by atoms with Gasteiger partial charge in [-0.15, -0.1) is 0 Å². The van der Waals surface area contributed by atoms with Crippen molar-refractivity contribution in [2.75, 3.05) is 17.7 Å². The van der Waals surface area contributed by atoms with Crippen LogP contribution in [0.4, 0.5) is 14.5 Å². The molecular formula is C12H16F2N2O2S. The number of carbonyl (C=O) groups is 1. The van der Waals surface area contributed by atoms with Crippen molar-refractivity contribution in [1.29, 1.82) is 0 Å². The Morgan fingerprint density at radius 2 is 2.11 bits per heavy atom. The standard InChI is InChI=1S/C12H16F2N2O2S/c1-7(5-6-19(2)18)16-12(17)10-8(13)3-4-9(15)11(10)14/h3-4,7H,5-6,15H2,1-2H3,(H,16,17). The maximum atomic E-state index is 13.6. The fourth-order valence-corrected chi connectivity index (χ4v) is 2.17. The average molecular weight is 290 g/mol. The lowest BCUT2D eigenvalue weighted by Gasteiger charge is -2.14. The van der Waals surface area contributed by atoms with Gasteiger partial charge < -0.3 is 11.1 Å². The topological polar surface area (TPSA) is 72.2 Å². The summed E-state index contributed by atoms with van der Waals surface area (Å²) in [6.45, 7) is 1.67. The molecule has 0 heterocycles. The molecule has 106 valence electrons. The zero-order chi connectivity index (χ0) is 14.6. The van der Waals surface area contributed by atoms with Crippen LogP contribution in [0, 0.1) is 11.6 Å². The SMILES string of the molecule is CC(CCS(C)=O)NC(=O)c1c(F)ccc(N)c1F. The summed E-state index contributed by atoms with van der Waals surface area (Å²) in [4.78, 5) is 11.8. The summed E-state index contributed by atoms with van der Waals surface area (Å²) in [6, 6.07) is 1.67. The minimum absolute atomic E-state index is 0.283. The van der Waals surface area contributed by atoms with Crippen LogP contribution in [0.25, 0.3) is 0 Å². The molecule has 2 atom stereocenters. The number of hydrogen-bond acceptors (Lipinski definition) is 3. The number of carbonyl (C=O) groups excluding carboxylic acids is 1. The van der Waals surface area contributed by atoms with Crippen LogP contribution >= 0.6 is 0 Å². The molecule has 1 amide bonds. The number of benzene rings is 1. The van der Waals surface area contributed by atoms with Gasteiger partial charge in [0, 0.05) is 28.9 Å². The fourth-order valence-electron chi connectivity index (χ4n) is 1.49. The van der Waals surface area contributed by atoms with E-state index >= 15 is 0 Å². The lowest BCUT2D eigenvalue weighted by atomic mass is 10.1. The minimum atomic E-state index is -1.07. The second kappa shape index (κ2) is 6.60. The van der Waals surface area contributed by atoms with E-state index in [-0.39, 0.29) is 11.7 Å². The number of amides is 1. The van der Waals surface area contributed by atoms with Gasteiger partial charge >= 0.3 is 0 Å². The van der Waals surface area contributed by atoms with Gasteiger partial charge in [0.1, 0.15) is 11.4 Å². The van der Waals surface area contributed by atoms with Gasteiger partial charge in [-0.3, -0.25) is 9.00 Å². The molecular weight excluding hydrogens is 274 g/mol. The summed E-state index contributed by atoms with van der Waals surface area (Å²) >= 11 is 0. The summed E-state index contributed by atoms with van der Waals surface area (Å²) in [5.74, 6) is -2.49. The van der Waals surface area contributed by atoms with Gasteiger partial charge in [0.05, 0.1) is 5.69 Å². The Bertz CT molecular complexity index is 509. The van der Waals surface area contributed by atoms with Gasteiger partial charge in [-0.1, -0.05) is 0 Å². The van der Waals surface area contributed by atoms with Crippen LogP contribution in [0.5, 0.6) is 0 Å². The zero-order valence-electron chi connectivity index (χ0n) is 10.7. The van der Waals surface area contributed by atoms with Crippen LogP contribution in [0.3, 0.4) is 0 Å². The number of nitrogen functional groups attached to an aromatic ring is 1. The lowest BCUT2D eigenvalue weighted by molar-refractivity contribution is 0.0931. The molecule has 7 heteroatoms. The van der Waals surface area contributed by atoms with E-state index < -0.39 is 33.9 Å². The molecule has 4 nitrogen and oxygen atoms in total. The van der Waals surface area contributed by atoms with E-state index in [0.29, 0.717) is 12.2 Å². The fraction of sp³-hybridized carbons (Fsp3) is 0.417. The quantitative estimate of drug-likeness (QED) is 0.806. The third-order valence-electron chi connectivity index (χ3n) is 2.56. The molecule has 0 saturated heterocycles. The van der Waals surface area contributed by atoms with E-state index in [1.807, 2.05) is 0 Å². The van der Waals surface area contributed by atoms with Gasteiger partial charge in [-0.25, -0.2) is 8.78 Å². The molecule has 0 aromatic heterocycles. The van der Waals surface area contributed by atoms with Gasteiger partial charge in [-0.2, -0.15) is 0 Å². The van der Waals surface area contributed by atoms with Crippen LogP contribution in [0.1, 0.15) is 23.7 Å². The van der Waals surface area contributed by atoms with Gasteiger partial charge in [-0.05, 0) is 25.5 Å². The van der Waals surface area contributed by atoms with Crippen LogP contribution in [0.2, 0.25) is 0 Å². The highest BCUT2D eigenvalue weighted by molar-refractivity contribution is 7.84. The summed E-state index contributed by atoms with van der Waals surface area (Å²) in [5, 5.41) is 2.45. The molecule has 19 heavy (non-hydrogen) atoms. The summed E-state index contributed by atoms with van der Waals surface area (Å²) in [6.07, 6.45) is 2.01. The van der Waals surface area contributed by atoms with E-state index in [1.54, 1.807) is 13.2 Å². The number of halogens is 2. The maximum Gasteiger partial charge on any atom is 0.257 e. The summed E-state index contributed by atoms with van der Waals surface area (Å²) < 4.78 is 38.0. The first-order valence-corrected chi connectivity index (χ1v) is 7.40. The number of nitrogens with one attached hydrogen (secondary N) is 1. The summed E-state index contributed by atoms with van der Waals surface area (Å²) in [5.41, 5.74) is 4.32. The summed E-state index contributed by atoms with van der Waals surface area (Å²) in [7, 11) is -0.977. The first kappa shape index (κ1) is 15.6. The number of hydrogen-bond donors (Lipinski definition) is 2. The Balaban J connectivity index is 2.79. The number of anilines is 1. The number of nitrogens with two attached hydrogens (primary N) is 1. The van der Waals surface area contributed by atoms with Crippen LogP contribution in [-0.4, -0.2) is 28.2 Å². The first-order valence-electron chi connectivity index (χ1n) is 5.67. The molecule has 1 rings (SSSR count). The Hall–Kier alpha value is -1.50. The third-order valence-corrected chi connectivity index (χ3v) is 3.37. The smallest absolute Gasteiger partial charge is 0.257 e. The van der Waals surface area contributed by atoms with E-state index in [2.05, 4.69) is 5.32 Å². The molecule has 0 saturated carbocycles. The van der Waals surface area contributed by atoms with Crippen molar-refractivity contribution >= 4 is 22.4 Å². The van der Waals surface area contributed by atoms with E-state index in [4.69, 9.17) is 5.73 Å². The Labute approximate surface area is 112 Å². The second-order valence-electron chi connectivity index (χ2n) is 4.27. The van der Waals surface area contributed by atoms with E-state index in [9.17, 15) is 17.8 Å². The van der Waals surface area contributed by atoms with Crippen molar-refractivity contribution in [3.63, 3.8) is 0 Å². The Kier molecular flexibility index (Phi) is 5.41. The molecule has 1 aromatic rings. The van der Waals surface area contributed by atoms with Gasteiger partial charge in [0.25, 0.3) is 5.91 Å². The maximum absolute atomic E-state index is 13.6. The van der Waals surface area contributed by atoms with Crippen molar-refractivity contribution in [2.24, 2.45) is 0 Å². The van der Waals surface area contributed by atoms with Gasteiger partial charge in [0.15, 0.2) is 5.82 Å². The van der Waals surface area contributed by atoms with E-state index in [0.717, 1.165) is 12.1 Å². The minimum Gasteiger partial charge on any atom is -0.396 e. The molecule has 0 radical (unpaired) electrons. The highest BCUT2D eigenvalue weighted by Gasteiger charge is 2.20. The highest BCUT2D eigenvalue weighted by Crippen LogP contribution is 2.18. The van der Waals surface area contributed by atoms with Gasteiger partial charge in [0.2, 0.25) is 0 Å². The predicted molar refractivity (Wildman–Crippen MR) is 71.2 cm³/mol. The van der Waals surface area contributed by atoms with Crippen molar-refractivity contribution in [3.8, 4) is 0 Å². The molecule has 2 unspecified atom stereocenters. The Morgan fingerprint density at radius 1 is 1.47 bits per heavy atom. The lowest BCUT2D eigenvalue weighted by Crippen LogP contribution is -2.34. The predicted octanol–water partition coefficient (Wildman–Crippen LogP) is 1.43. The average Bonchev–Trinajstić information content (AvgIpc) is 2.32. The second-order valence-corrected chi connectivity index (χ2v) is 5.82. The van der Waals surface area contributed by atoms with Crippen LogP contribution < -0.4 is 11.1 Å². The van der Waals surface area contributed by atoms with E-state index in [1.165, 1.54) is 0 Å². The number of rotatable bonds is 5. The molecule has 0 bridgehead atoms. The van der Waals surface area contributed by atoms with Crippen molar-refractivity contribution in [1.82, 2.24) is 5.32 Å². The molecule has 0 spiro atoms. The molecule has 0 aliphatic carbocycles. The van der Waals surface area contributed by atoms with Crippen molar-refractivity contribution < 1.29 is 17.8 Å². The Morgan fingerprint density at radius 3 is 2.68 bits per heavy atom. The molecule has 1 aromatic carbocycles. The zero-order valence-corrected chi connectivity index (χ0v) is 11.5. The molecule has 0 aliphatic heterocycles. The van der Waals surface area contributed by atoms with Crippen molar-refractivity contribution in [2.45, 2.75) is 19.4 Å². The molecule has 3 N–H and O–H groups in total. The molecule has 0 aliphatic rings. The van der Waals surface area contributed by atoms with Crippen LogP contribution in [0.15, 0.2) is 12.1 Å². The normalized spacial score (nSPS) is 13.9. The first-order chi connectivity index (χ1) is 8.82. The highest BCUT2D eigenvalue weighted by atomic mass is 32.2. The molecule has 0 fully saturated rings. The third kappa shape index (κ3) is 4.27. The monoisotopic (exact) mass is 290 g/mol.